The Hall–Kier alpha value is -3.38. The first-order valence-electron chi connectivity index (χ1n) is 14.3. The van der Waals surface area contributed by atoms with Crippen molar-refractivity contribution in [3.05, 3.63) is 128 Å². The molecule has 4 aliphatic rings. The molecule has 0 saturated carbocycles. The van der Waals surface area contributed by atoms with Crippen LogP contribution in [0, 0.1) is 27.7 Å². The van der Waals surface area contributed by atoms with Crippen molar-refractivity contribution in [1.82, 2.24) is 0 Å². The van der Waals surface area contributed by atoms with Crippen LogP contribution >= 0.6 is 0 Å². The van der Waals surface area contributed by atoms with Crippen LogP contribution in [0.3, 0.4) is 0 Å². The van der Waals surface area contributed by atoms with E-state index in [1.165, 1.54) is 77.9 Å². The topological polar surface area (TPSA) is 0 Å². The fourth-order valence-electron chi connectivity index (χ4n) is 6.12. The summed E-state index contributed by atoms with van der Waals surface area (Å²) in [5, 5.41) is 0. The number of hydrogen-bond donors (Lipinski definition) is 0. The van der Waals surface area contributed by atoms with E-state index in [1.54, 1.807) is 0 Å². The van der Waals surface area contributed by atoms with Crippen molar-refractivity contribution in [1.29, 1.82) is 0 Å². The van der Waals surface area contributed by atoms with Crippen molar-refractivity contribution in [3.63, 3.8) is 0 Å². The van der Waals surface area contributed by atoms with Gasteiger partial charge in [0.1, 0.15) is 0 Å². The lowest BCUT2D eigenvalue weighted by Crippen LogP contribution is -1.92. The molecule has 1 aromatic carbocycles. The molecule has 0 unspecified atom stereocenters. The zero-order chi connectivity index (χ0) is 27.1. The molecule has 0 nitrogen and oxygen atoms in total. The quantitative estimate of drug-likeness (QED) is 0.218. The van der Waals surface area contributed by atoms with Gasteiger partial charge in [-0.2, -0.15) is 0 Å². The number of aryl methyl sites for hydroxylation is 4. The molecule has 0 amide bonds. The Labute approximate surface area is 230 Å². The van der Waals surface area contributed by atoms with E-state index in [4.69, 9.17) is 0 Å². The molecular weight excluding hydrogens is 456 g/mol. The molecule has 0 aliphatic heterocycles. The average molecular weight is 499 g/mol. The minimum atomic E-state index is 0.530. The summed E-state index contributed by atoms with van der Waals surface area (Å²) in [6, 6.07) is 28.2. The third-order valence-electron chi connectivity index (χ3n) is 8.42. The van der Waals surface area contributed by atoms with Crippen LogP contribution in [0.1, 0.15) is 95.2 Å². The second-order valence-corrected chi connectivity index (χ2v) is 12.1. The Morgan fingerprint density at radius 3 is 1.16 bits per heavy atom. The smallest absolute Gasteiger partial charge is 0.00194 e. The van der Waals surface area contributed by atoms with E-state index in [9.17, 15) is 0 Å². The summed E-state index contributed by atoms with van der Waals surface area (Å²) in [5.41, 5.74) is 19.6. The first-order valence-corrected chi connectivity index (χ1v) is 14.3. The Bertz CT molecular complexity index is 1410. The molecule has 194 valence electrons. The van der Waals surface area contributed by atoms with Gasteiger partial charge < -0.3 is 0 Å². The maximum atomic E-state index is 2.41. The molecule has 0 heterocycles. The van der Waals surface area contributed by atoms with Crippen LogP contribution in [0.5, 0.6) is 0 Å². The predicted molar refractivity (Wildman–Crippen MR) is 165 cm³/mol. The lowest BCUT2D eigenvalue weighted by atomic mass is 9.95. The molecule has 0 atom stereocenters. The molecule has 0 radical (unpaired) electrons. The summed E-state index contributed by atoms with van der Waals surface area (Å²) in [4.78, 5) is 0. The standard InChI is InChI=1S/C38H42/c1-23(2)31-15-9-25(5)37-33(17-27(7)35(37)21-31)19-29-11-13-30(14-12-29)20-34-18-28(8)36-22-32(24(3)4)16-10-26(6)38(34)36/h9-18,21-24H,19-20H2,1-8H3. The summed E-state index contributed by atoms with van der Waals surface area (Å²) >= 11 is 0. The molecular formula is C38H42. The fraction of sp³-hybridized carbons (Fsp3) is 0.316. The highest BCUT2D eigenvalue weighted by atomic mass is 14.2. The van der Waals surface area contributed by atoms with Gasteiger partial charge in [-0.3, -0.25) is 0 Å². The second kappa shape index (κ2) is 10.4. The third-order valence-corrected chi connectivity index (χ3v) is 8.42. The molecule has 0 spiro atoms. The molecule has 0 fully saturated rings. The Balaban J connectivity index is 1.41. The maximum Gasteiger partial charge on any atom is -0.00194 e. The first kappa shape index (κ1) is 26.2. The summed E-state index contributed by atoms with van der Waals surface area (Å²) in [5.74, 6) is 1.06. The number of hydrogen-bond acceptors (Lipinski definition) is 0. The Morgan fingerprint density at radius 1 is 0.447 bits per heavy atom. The first-order chi connectivity index (χ1) is 18.1. The van der Waals surface area contributed by atoms with Gasteiger partial charge in [0.15, 0.2) is 0 Å². The van der Waals surface area contributed by atoms with Crippen LogP contribution in [0.25, 0.3) is 22.3 Å². The molecule has 0 saturated heterocycles. The summed E-state index contributed by atoms with van der Waals surface area (Å²) < 4.78 is 0. The van der Waals surface area contributed by atoms with Crippen molar-refractivity contribution in [2.75, 3.05) is 0 Å². The average Bonchev–Trinajstić information content (AvgIpc) is 3.16. The molecule has 0 N–H and O–H groups in total. The van der Waals surface area contributed by atoms with Crippen LogP contribution in [-0.4, -0.2) is 0 Å². The summed E-state index contributed by atoms with van der Waals surface area (Å²) in [6.45, 7) is 18.2. The maximum absolute atomic E-state index is 2.41. The van der Waals surface area contributed by atoms with E-state index >= 15 is 0 Å². The van der Waals surface area contributed by atoms with Crippen LogP contribution in [0.2, 0.25) is 0 Å². The van der Waals surface area contributed by atoms with E-state index in [1.807, 2.05) is 0 Å². The number of benzene rings is 1. The van der Waals surface area contributed by atoms with Gasteiger partial charge in [0.25, 0.3) is 0 Å². The lowest BCUT2D eigenvalue weighted by Gasteiger charge is -2.09. The minimum absolute atomic E-state index is 0.530. The van der Waals surface area contributed by atoms with E-state index in [2.05, 4.69) is 128 Å². The van der Waals surface area contributed by atoms with Gasteiger partial charge in [0, 0.05) is 0 Å². The zero-order valence-electron chi connectivity index (χ0n) is 24.5. The zero-order valence-corrected chi connectivity index (χ0v) is 24.5. The molecule has 5 rings (SSSR count). The van der Waals surface area contributed by atoms with Gasteiger partial charge in [0.05, 0.1) is 0 Å². The van der Waals surface area contributed by atoms with Crippen molar-refractivity contribution >= 4 is 0 Å². The van der Waals surface area contributed by atoms with Crippen LogP contribution in [-0.2, 0) is 12.8 Å². The molecule has 38 heavy (non-hydrogen) atoms. The van der Waals surface area contributed by atoms with Gasteiger partial charge in [0.2, 0.25) is 0 Å². The van der Waals surface area contributed by atoms with Crippen LogP contribution in [0.4, 0.5) is 0 Å². The van der Waals surface area contributed by atoms with Gasteiger partial charge in [-0.05, 0) is 130 Å². The minimum Gasteiger partial charge on any atom is -0.0587 e. The molecule has 4 aliphatic carbocycles. The summed E-state index contributed by atoms with van der Waals surface area (Å²) in [7, 11) is 0. The Morgan fingerprint density at radius 2 is 0.816 bits per heavy atom. The SMILES string of the molecule is Cc1cc(Cc2ccc(Cc3cc(C)c4cc(C(C)C)ccc(C)c3-4)cc2)c2c(C)ccc(C(C)C)cc1-2. The van der Waals surface area contributed by atoms with Crippen molar-refractivity contribution < 1.29 is 0 Å². The van der Waals surface area contributed by atoms with E-state index in [0.717, 1.165) is 12.8 Å². The van der Waals surface area contributed by atoms with Gasteiger partial charge in [-0.15, -0.1) is 0 Å². The Kier molecular flexibility index (Phi) is 7.19. The molecule has 0 bridgehead atoms. The second-order valence-electron chi connectivity index (χ2n) is 12.1. The lowest BCUT2D eigenvalue weighted by molar-refractivity contribution is 0.868. The van der Waals surface area contributed by atoms with E-state index in [0.29, 0.717) is 11.8 Å². The molecule has 0 heteroatoms. The molecule has 1 aromatic rings. The third kappa shape index (κ3) is 5.02. The predicted octanol–water partition coefficient (Wildman–Crippen LogP) is 10.6. The summed E-state index contributed by atoms with van der Waals surface area (Å²) in [6.07, 6.45) is 1.94. The van der Waals surface area contributed by atoms with E-state index in [-0.39, 0.29) is 0 Å². The highest BCUT2D eigenvalue weighted by Crippen LogP contribution is 2.39. The van der Waals surface area contributed by atoms with E-state index < -0.39 is 0 Å². The fourth-order valence-corrected chi connectivity index (χ4v) is 6.12. The van der Waals surface area contributed by atoms with Gasteiger partial charge >= 0.3 is 0 Å². The monoisotopic (exact) mass is 498 g/mol. The van der Waals surface area contributed by atoms with Crippen LogP contribution in [0.15, 0.2) is 72.8 Å². The number of rotatable bonds is 6. The highest BCUT2D eigenvalue weighted by molar-refractivity contribution is 5.79. The highest BCUT2D eigenvalue weighted by Gasteiger charge is 2.18. The van der Waals surface area contributed by atoms with Crippen molar-refractivity contribution in [2.24, 2.45) is 0 Å². The van der Waals surface area contributed by atoms with Crippen molar-refractivity contribution in [2.45, 2.75) is 80.1 Å². The van der Waals surface area contributed by atoms with Gasteiger partial charge in [-0.25, -0.2) is 0 Å². The normalized spacial score (nSPS) is 11.8. The molecule has 0 aromatic heterocycles. The largest absolute Gasteiger partial charge is 0.0587 e. The van der Waals surface area contributed by atoms with Crippen molar-refractivity contribution in [3.8, 4) is 22.3 Å². The number of fused-ring (bicyclic) bond motifs is 2. The van der Waals surface area contributed by atoms with Gasteiger partial charge in [-0.1, -0.05) is 100 Å². The van der Waals surface area contributed by atoms with Crippen LogP contribution < -0.4 is 0 Å².